The number of amides is 1. The van der Waals surface area contributed by atoms with Crippen molar-refractivity contribution in [3.63, 3.8) is 0 Å². The Balaban J connectivity index is 1.74. The molecular formula is C22H19Cl2N3O. The molecule has 0 N–H and O–H groups in total. The normalized spacial score (nSPS) is 15.0. The van der Waals surface area contributed by atoms with Crippen LogP contribution in [0.3, 0.4) is 0 Å². The van der Waals surface area contributed by atoms with Crippen LogP contribution in [-0.4, -0.2) is 33.9 Å². The predicted octanol–water partition coefficient (Wildman–Crippen LogP) is 5.50. The molecule has 0 radical (unpaired) electrons. The van der Waals surface area contributed by atoms with Gasteiger partial charge >= 0.3 is 0 Å². The Labute approximate surface area is 173 Å². The van der Waals surface area contributed by atoms with Crippen LogP contribution in [0.2, 0.25) is 10.0 Å². The fourth-order valence-corrected chi connectivity index (χ4v) is 4.31. The molecule has 0 unspecified atom stereocenters. The highest BCUT2D eigenvalue weighted by Gasteiger charge is 2.25. The van der Waals surface area contributed by atoms with Crippen molar-refractivity contribution in [3.8, 4) is 11.1 Å². The van der Waals surface area contributed by atoms with Crippen molar-refractivity contribution in [2.24, 2.45) is 0 Å². The van der Waals surface area contributed by atoms with Crippen LogP contribution in [0.4, 0.5) is 0 Å². The van der Waals surface area contributed by atoms with Crippen LogP contribution in [0.25, 0.3) is 22.0 Å². The van der Waals surface area contributed by atoms with E-state index >= 15 is 0 Å². The molecule has 1 fully saturated rings. The first-order valence-electron chi connectivity index (χ1n) is 9.19. The molecule has 0 bridgehead atoms. The highest BCUT2D eigenvalue weighted by atomic mass is 35.5. The Bertz CT molecular complexity index is 1060. The average Bonchev–Trinajstić information content (AvgIpc) is 2.73. The lowest BCUT2D eigenvalue weighted by atomic mass is 9.90. The number of halogens is 2. The predicted molar refractivity (Wildman–Crippen MR) is 114 cm³/mol. The summed E-state index contributed by atoms with van der Waals surface area (Å²) in [5, 5.41) is 2.24. The first kappa shape index (κ1) is 18.9. The van der Waals surface area contributed by atoms with Gasteiger partial charge in [0.15, 0.2) is 0 Å². The Morgan fingerprint density at radius 1 is 1.07 bits per heavy atom. The number of rotatable bonds is 3. The number of piperidine rings is 1. The van der Waals surface area contributed by atoms with Crippen molar-refractivity contribution in [1.29, 1.82) is 0 Å². The van der Waals surface area contributed by atoms with Crippen LogP contribution >= 0.6 is 23.2 Å². The third-order valence-corrected chi connectivity index (χ3v) is 5.93. The van der Waals surface area contributed by atoms with E-state index in [2.05, 4.69) is 16.5 Å². The summed E-state index contributed by atoms with van der Waals surface area (Å²) in [5.74, 6) is 0.249. The molecule has 1 aliphatic heterocycles. The molecule has 0 aliphatic carbocycles. The van der Waals surface area contributed by atoms with Crippen LogP contribution in [0.5, 0.6) is 0 Å². The van der Waals surface area contributed by atoms with E-state index < -0.39 is 0 Å². The summed E-state index contributed by atoms with van der Waals surface area (Å²) in [6, 6.07) is 11.6. The molecule has 4 nitrogen and oxygen atoms in total. The minimum absolute atomic E-state index is 0.0150. The van der Waals surface area contributed by atoms with Crippen LogP contribution in [0.15, 0.2) is 55.4 Å². The second-order valence-electron chi connectivity index (χ2n) is 6.89. The van der Waals surface area contributed by atoms with Crippen molar-refractivity contribution in [1.82, 2.24) is 14.9 Å². The van der Waals surface area contributed by atoms with E-state index in [4.69, 9.17) is 23.2 Å². The largest absolute Gasteiger partial charge is 0.339 e. The Hall–Kier alpha value is -2.43. The summed E-state index contributed by atoms with van der Waals surface area (Å²) in [4.78, 5) is 22.7. The van der Waals surface area contributed by atoms with Crippen LogP contribution in [-0.2, 0) is 4.79 Å². The number of carbonyl (C=O) groups excluding carboxylic acids is 1. The quantitative estimate of drug-likeness (QED) is 0.534. The van der Waals surface area contributed by atoms with E-state index in [9.17, 15) is 4.79 Å². The van der Waals surface area contributed by atoms with Crippen molar-refractivity contribution in [2.45, 2.75) is 18.8 Å². The van der Waals surface area contributed by atoms with Crippen molar-refractivity contribution >= 4 is 40.0 Å². The van der Waals surface area contributed by atoms with Gasteiger partial charge in [-0.25, -0.2) is 9.97 Å². The third-order valence-electron chi connectivity index (χ3n) is 5.29. The molecule has 1 saturated heterocycles. The number of benzene rings is 2. The molecule has 1 amide bonds. The standard InChI is InChI=1S/C22H19Cl2N3O/c1-2-21(28)27-9-7-14(8-10-27)22-17-11-16(15-5-3-4-6-18(15)23)19(24)12-20(17)25-13-26-22/h2-6,11-14H,1,7-10H2. The first-order chi connectivity index (χ1) is 13.6. The second kappa shape index (κ2) is 7.90. The van der Waals surface area contributed by atoms with E-state index in [0.717, 1.165) is 40.6 Å². The van der Waals surface area contributed by atoms with Gasteiger partial charge in [0, 0.05) is 40.5 Å². The lowest BCUT2D eigenvalue weighted by Gasteiger charge is -2.31. The van der Waals surface area contributed by atoms with Gasteiger partial charge in [0.05, 0.1) is 16.2 Å². The summed E-state index contributed by atoms with van der Waals surface area (Å²) in [6.07, 6.45) is 4.67. The maximum atomic E-state index is 11.8. The molecule has 0 atom stereocenters. The lowest BCUT2D eigenvalue weighted by molar-refractivity contribution is -0.127. The molecular weight excluding hydrogens is 393 g/mol. The number of carbonyl (C=O) groups is 1. The van der Waals surface area contributed by atoms with E-state index in [0.29, 0.717) is 23.1 Å². The van der Waals surface area contributed by atoms with Gasteiger partial charge in [0.2, 0.25) is 5.91 Å². The number of likely N-dealkylation sites (tertiary alicyclic amines) is 1. The summed E-state index contributed by atoms with van der Waals surface area (Å²) >= 11 is 12.9. The number of fused-ring (bicyclic) bond motifs is 1. The molecule has 4 rings (SSSR count). The number of hydrogen-bond donors (Lipinski definition) is 0. The summed E-state index contributed by atoms with van der Waals surface area (Å²) in [5.41, 5.74) is 3.57. The molecule has 0 saturated carbocycles. The fourth-order valence-electron chi connectivity index (χ4n) is 3.81. The van der Waals surface area contributed by atoms with Gasteiger partial charge in [0.1, 0.15) is 6.33 Å². The lowest BCUT2D eigenvalue weighted by Crippen LogP contribution is -2.37. The monoisotopic (exact) mass is 411 g/mol. The zero-order valence-corrected chi connectivity index (χ0v) is 16.7. The Morgan fingerprint density at radius 2 is 1.82 bits per heavy atom. The maximum Gasteiger partial charge on any atom is 0.245 e. The Morgan fingerprint density at radius 3 is 2.54 bits per heavy atom. The molecule has 2 heterocycles. The van der Waals surface area contributed by atoms with E-state index in [1.807, 2.05) is 41.3 Å². The summed E-state index contributed by atoms with van der Waals surface area (Å²) in [6.45, 7) is 4.97. The average molecular weight is 412 g/mol. The van der Waals surface area contributed by atoms with Gasteiger partial charge in [-0.2, -0.15) is 0 Å². The highest BCUT2D eigenvalue weighted by Crippen LogP contribution is 2.38. The van der Waals surface area contributed by atoms with Crippen LogP contribution < -0.4 is 0 Å². The maximum absolute atomic E-state index is 11.8. The molecule has 142 valence electrons. The van der Waals surface area contributed by atoms with E-state index in [-0.39, 0.29) is 11.8 Å². The van der Waals surface area contributed by atoms with Gasteiger partial charge in [-0.15, -0.1) is 0 Å². The fraction of sp³-hybridized carbons (Fsp3) is 0.227. The van der Waals surface area contributed by atoms with Crippen molar-refractivity contribution in [3.05, 3.63) is 71.1 Å². The minimum Gasteiger partial charge on any atom is -0.339 e. The highest BCUT2D eigenvalue weighted by molar-refractivity contribution is 6.37. The van der Waals surface area contributed by atoms with Gasteiger partial charge < -0.3 is 4.90 Å². The molecule has 1 aliphatic rings. The molecule has 2 aromatic carbocycles. The van der Waals surface area contributed by atoms with Crippen molar-refractivity contribution < 1.29 is 4.79 Å². The molecule has 6 heteroatoms. The SMILES string of the molecule is C=CC(=O)N1CCC(c2ncnc3cc(Cl)c(-c4ccccc4Cl)cc23)CC1. The zero-order chi connectivity index (χ0) is 19.7. The van der Waals surface area contributed by atoms with Gasteiger partial charge in [0.25, 0.3) is 0 Å². The number of nitrogens with zero attached hydrogens (tertiary/aromatic N) is 3. The van der Waals surface area contributed by atoms with E-state index in [1.165, 1.54) is 6.08 Å². The molecule has 3 aromatic rings. The topological polar surface area (TPSA) is 46.1 Å². The number of aromatic nitrogens is 2. The molecule has 1 aromatic heterocycles. The summed E-state index contributed by atoms with van der Waals surface area (Å²) in [7, 11) is 0. The van der Waals surface area contributed by atoms with Crippen LogP contribution in [0, 0.1) is 0 Å². The zero-order valence-electron chi connectivity index (χ0n) is 15.2. The van der Waals surface area contributed by atoms with Crippen molar-refractivity contribution in [2.75, 3.05) is 13.1 Å². The first-order valence-corrected chi connectivity index (χ1v) is 9.94. The van der Waals surface area contributed by atoms with Gasteiger partial charge in [-0.1, -0.05) is 48.0 Å². The third kappa shape index (κ3) is 3.50. The minimum atomic E-state index is -0.0150. The van der Waals surface area contributed by atoms with Gasteiger partial charge in [-0.3, -0.25) is 4.79 Å². The molecule has 28 heavy (non-hydrogen) atoms. The molecule has 0 spiro atoms. The Kier molecular flexibility index (Phi) is 5.33. The van der Waals surface area contributed by atoms with E-state index in [1.54, 1.807) is 6.33 Å². The second-order valence-corrected chi connectivity index (χ2v) is 7.71. The van der Waals surface area contributed by atoms with Crippen LogP contribution in [0.1, 0.15) is 24.5 Å². The smallest absolute Gasteiger partial charge is 0.245 e. The summed E-state index contributed by atoms with van der Waals surface area (Å²) < 4.78 is 0. The van der Waals surface area contributed by atoms with Gasteiger partial charge in [-0.05, 0) is 37.1 Å². The number of hydrogen-bond acceptors (Lipinski definition) is 3.